The van der Waals surface area contributed by atoms with Crippen LogP contribution in [0.3, 0.4) is 0 Å². The Balaban J connectivity index is 2.33. The minimum absolute atomic E-state index is 0.0838. The van der Waals surface area contributed by atoms with Crippen molar-refractivity contribution in [2.24, 2.45) is 0 Å². The lowest BCUT2D eigenvalue weighted by molar-refractivity contribution is -0.0328. The number of aryl methyl sites for hydroxylation is 1. The van der Waals surface area contributed by atoms with Crippen molar-refractivity contribution in [3.05, 3.63) is 28.0 Å². The fourth-order valence-corrected chi connectivity index (χ4v) is 2.80. The molecule has 110 valence electrons. The summed E-state index contributed by atoms with van der Waals surface area (Å²) in [5.74, 6) is 0.461. The van der Waals surface area contributed by atoms with Crippen LogP contribution in [0.2, 0.25) is 10.0 Å². The predicted molar refractivity (Wildman–Crippen MR) is 77.8 cm³/mol. The highest BCUT2D eigenvalue weighted by molar-refractivity contribution is 8.00. The van der Waals surface area contributed by atoms with Crippen LogP contribution in [0.4, 0.5) is 13.2 Å². The van der Waals surface area contributed by atoms with Gasteiger partial charge in [-0.1, -0.05) is 23.2 Å². The van der Waals surface area contributed by atoms with Crippen molar-refractivity contribution in [3.63, 3.8) is 0 Å². The molecule has 0 saturated carbocycles. The molecule has 0 aliphatic heterocycles. The molecule has 9 heteroatoms. The molecule has 20 heavy (non-hydrogen) atoms. The molecule has 1 aromatic heterocycles. The summed E-state index contributed by atoms with van der Waals surface area (Å²) >= 11 is 17.5. The average molecular weight is 364 g/mol. The Morgan fingerprint density at radius 3 is 2.45 bits per heavy atom. The van der Waals surface area contributed by atoms with Gasteiger partial charge in [-0.2, -0.15) is 13.2 Å². The number of fused-ring (bicyclic) bond motifs is 1. The van der Waals surface area contributed by atoms with Crippen LogP contribution in [0.5, 0.6) is 0 Å². The van der Waals surface area contributed by atoms with Crippen LogP contribution in [-0.4, -0.2) is 20.8 Å². The predicted octanol–water partition coefficient (Wildman–Crippen LogP) is 5.33. The second-order valence-electron chi connectivity index (χ2n) is 3.86. The molecule has 0 aliphatic rings. The minimum atomic E-state index is -4.25. The smallest absolute Gasteiger partial charge is 0.326 e. The van der Waals surface area contributed by atoms with Crippen molar-refractivity contribution in [2.45, 2.75) is 17.9 Å². The summed E-state index contributed by atoms with van der Waals surface area (Å²) in [6, 6.07) is 3.16. The largest absolute Gasteiger partial charge is 0.441 e. The van der Waals surface area contributed by atoms with Crippen LogP contribution in [0, 0.1) is 0 Å². The van der Waals surface area contributed by atoms with E-state index in [1.807, 2.05) is 0 Å². The van der Waals surface area contributed by atoms with Gasteiger partial charge in [-0.25, -0.2) is 4.98 Å². The van der Waals surface area contributed by atoms with Gasteiger partial charge in [0.2, 0.25) is 0 Å². The molecule has 2 aromatic rings. The summed E-state index contributed by atoms with van der Waals surface area (Å²) in [6.45, 7) is 0.140. The Bertz CT molecular complexity index is 627. The van der Waals surface area contributed by atoms with Gasteiger partial charge in [0, 0.05) is 12.3 Å². The molecule has 0 atom stereocenters. The highest BCUT2D eigenvalue weighted by Crippen LogP contribution is 2.32. The normalized spacial score (nSPS) is 12.3. The zero-order valence-electron chi connectivity index (χ0n) is 9.85. The number of halogens is 6. The molecular formula is C11H8Cl3F3N2S. The number of benzene rings is 1. The van der Waals surface area contributed by atoms with E-state index in [0.717, 1.165) is 0 Å². The first-order valence-electron chi connectivity index (χ1n) is 5.42. The average Bonchev–Trinajstić information content (AvgIpc) is 2.66. The Labute approximate surface area is 132 Å². The Morgan fingerprint density at radius 1 is 1.20 bits per heavy atom. The lowest BCUT2D eigenvalue weighted by atomic mass is 10.3. The van der Waals surface area contributed by atoms with Crippen LogP contribution in [0.25, 0.3) is 11.0 Å². The van der Waals surface area contributed by atoms with Crippen molar-refractivity contribution in [1.82, 2.24) is 9.55 Å². The molecule has 2 nitrogen and oxygen atoms in total. The van der Waals surface area contributed by atoms with Crippen molar-refractivity contribution < 1.29 is 13.2 Å². The number of alkyl halides is 4. The summed E-state index contributed by atoms with van der Waals surface area (Å²) in [6.07, 6.45) is 0. The number of hydrogen-bond acceptors (Lipinski definition) is 2. The van der Waals surface area contributed by atoms with Crippen molar-refractivity contribution in [3.8, 4) is 0 Å². The standard InChI is InChI=1S/C11H8Cl3F3N2S/c12-5-10-18-8-3-6(13)7(14)4-9(8)19(10)1-2-20-11(15,16)17/h3-4H,1-2,5H2. The van der Waals surface area contributed by atoms with Crippen LogP contribution in [0.1, 0.15) is 5.82 Å². The maximum atomic E-state index is 12.2. The van der Waals surface area contributed by atoms with Crippen molar-refractivity contribution in [1.29, 1.82) is 0 Å². The minimum Gasteiger partial charge on any atom is -0.326 e. The molecule has 0 aliphatic carbocycles. The van der Waals surface area contributed by atoms with Gasteiger partial charge in [-0.15, -0.1) is 11.6 Å². The first kappa shape index (κ1) is 16.1. The van der Waals surface area contributed by atoms with E-state index in [4.69, 9.17) is 34.8 Å². The van der Waals surface area contributed by atoms with E-state index in [2.05, 4.69) is 4.98 Å². The summed E-state index contributed by atoms with van der Waals surface area (Å²) < 4.78 is 38.1. The first-order chi connectivity index (χ1) is 9.31. The van der Waals surface area contributed by atoms with Crippen LogP contribution in [-0.2, 0) is 12.4 Å². The van der Waals surface area contributed by atoms with E-state index in [9.17, 15) is 13.2 Å². The fraction of sp³-hybridized carbons (Fsp3) is 0.364. The lowest BCUT2D eigenvalue weighted by Gasteiger charge is -2.09. The third-order valence-corrected chi connectivity index (χ3v) is 4.24. The molecular weight excluding hydrogens is 356 g/mol. The Kier molecular flexibility index (Phi) is 5.00. The molecule has 0 fully saturated rings. The number of thioether (sulfide) groups is 1. The van der Waals surface area contributed by atoms with E-state index in [-0.39, 0.29) is 29.9 Å². The Hall–Kier alpha value is -0.300. The number of hydrogen-bond donors (Lipinski definition) is 0. The van der Waals surface area contributed by atoms with E-state index < -0.39 is 5.51 Å². The SMILES string of the molecule is FC(F)(F)SCCn1c(CCl)nc2cc(Cl)c(Cl)cc21. The summed E-state index contributed by atoms with van der Waals surface area (Å²) in [7, 11) is 0. The summed E-state index contributed by atoms with van der Waals surface area (Å²) in [4.78, 5) is 4.25. The second kappa shape index (κ2) is 6.22. The van der Waals surface area contributed by atoms with Crippen molar-refractivity contribution >= 4 is 57.6 Å². The van der Waals surface area contributed by atoms with Gasteiger partial charge in [0.1, 0.15) is 5.82 Å². The van der Waals surface area contributed by atoms with E-state index >= 15 is 0 Å². The van der Waals surface area contributed by atoms with Gasteiger partial charge in [0.05, 0.1) is 27.0 Å². The maximum absolute atomic E-state index is 12.2. The monoisotopic (exact) mass is 362 g/mol. The quantitative estimate of drug-likeness (QED) is 0.683. The zero-order valence-corrected chi connectivity index (χ0v) is 12.9. The van der Waals surface area contributed by atoms with Crippen molar-refractivity contribution in [2.75, 3.05) is 5.75 Å². The molecule has 0 saturated heterocycles. The highest BCUT2D eigenvalue weighted by Gasteiger charge is 2.27. The summed E-state index contributed by atoms with van der Waals surface area (Å²) in [5, 5.41) is 0.666. The Morgan fingerprint density at radius 2 is 1.85 bits per heavy atom. The third-order valence-electron chi connectivity index (χ3n) is 2.57. The molecule has 1 aromatic carbocycles. The molecule has 0 unspecified atom stereocenters. The number of imidazole rings is 1. The van der Waals surface area contributed by atoms with E-state index in [0.29, 0.717) is 26.9 Å². The van der Waals surface area contributed by atoms with Gasteiger partial charge in [0.25, 0.3) is 0 Å². The topological polar surface area (TPSA) is 17.8 Å². The molecule has 1 heterocycles. The third kappa shape index (κ3) is 3.67. The van der Waals surface area contributed by atoms with E-state index in [1.54, 1.807) is 16.7 Å². The second-order valence-corrected chi connectivity index (χ2v) is 6.10. The van der Waals surface area contributed by atoms with Gasteiger partial charge >= 0.3 is 5.51 Å². The van der Waals surface area contributed by atoms with Gasteiger partial charge in [-0.05, 0) is 23.9 Å². The fourth-order valence-electron chi connectivity index (χ4n) is 1.77. The molecule has 0 N–H and O–H groups in total. The number of rotatable bonds is 4. The van der Waals surface area contributed by atoms with Crippen LogP contribution in [0.15, 0.2) is 12.1 Å². The van der Waals surface area contributed by atoms with Crippen LogP contribution < -0.4 is 0 Å². The molecule has 0 radical (unpaired) electrons. The molecule has 0 bridgehead atoms. The van der Waals surface area contributed by atoms with E-state index in [1.165, 1.54) is 0 Å². The van der Waals surface area contributed by atoms with Crippen LogP contribution >= 0.6 is 46.6 Å². The number of aromatic nitrogens is 2. The first-order valence-corrected chi connectivity index (χ1v) is 7.70. The zero-order chi connectivity index (χ0) is 14.9. The number of nitrogens with zero attached hydrogens (tertiary/aromatic N) is 2. The molecule has 0 amide bonds. The lowest BCUT2D eigenvalue weighted by Crippen LogP contribution is -2.09. The van der Waals surface area contributed by atoms with Gasteiger partial charge in [0.15, 0.2) is 0 Å². The molecule has 2 rings (SSSR count). The highest BCUT2D eigenvalue weighted by atomic mass is 35.5. The maximum Gasteiger partial charge on any atom is 0.441 e. The summed E-state index contributed by atoms with van der Waals surface area (Å²) in [5.41, 5.74) is -3.07. The van der Waals surface area contributed by atoms with Gasteiger partial charge in [-0.3, -0.25) is 0 Å². The van der Waals surface area contributed by atoms with Gasteiger partial charge < -0.3 is 4.57 Å². The molecule has 0 spiro atoms.